The average Bonchev–Trinajstić information content (AvgIpc) is 2.23. The fraction of sp³-hybridized carbons (Fsp3) is 0.625. The van der Waals surface area contributed by atoms with Crippen LogP contribution in [-0.4, -0.2) is 9.85 Å². The summed E-state index contributed by atoms with van der Waals surface area (Å²) in [6.45, 7) is 11.9. The molecule has 122 valence electrons. The Balaban J connectivity index is 3.51. The fourth-order valence-corrected chi connectivity index (χ4v) is 2.44. The molecule has 0 atom stereocenters. The Labute approximate surface area is 130 Å². The Kier molecular flexibility index (Phi) is 4.95. The lowest BCUT2D eigenvalue weighted by Gasteiger charge is -2.21. The number of rotatable bonds is 4. The Bertz CT molecular complexity index is 546. The maximum Gasteiger partial charge on any atom is 0.279 e. The summed E-state index contributed by atoms with van der Waals surface area (Å²) in [5.41, 5.74) is 0.503. The van der Waals surface area contributed by atoms with Crippen LogP contribution >= 0.6 is 0 Å². The summed E-state index contributed by atoms with van der Waals surface area (Å²) >= 11 is 0. The molecule has 0 amide bonds. The van der Waals surface area contributed by atoms with Crippen molar-refractivity contribution in [2.75, 3.05) is 0 Å². The van der Waals surface area contributed by atoms with E-state index in [1.165, 1.54) is 0 Å². The van der Waals surface area contributed by atoms with E-state index >= 15 is 0 Å². The predicted molar refractivity (Wildman–Crippen MR) is 86.1 cm³/mol. The molecule has 1 rings (SSSR count). The zero-order chi connectivity index (χ0) is 17.3. The molecule has 6 heteroatoms. The van der Waals surface area contributed by atoms with Gasteiger partial charge in [0.15, 0.2) is 0 Å². The van der Waals surface area contributed by atoms with Crippen LogP contribution in [0.5, 0.6) is 0 Å². The van der Waals surface area contributed by atoms with Gasteiger partial charge in [-0.1, -0.05) is 41.5 Å². The number of hydrogen-bond acceptors (Lipinski definition) is 4. The van der Waals surface area contributed by atoms with Crippen molar-refractivity contribution in [1.29, 1.82) is 0 Å². The molecular weight excluding hydrogens is 284 g/mol. The summed E-state index contributed by atoms with van der Waals surface area (Å²) < 4.78 is 0. The number of nitro groups is 2. The second kappa shape index (κ2) is 6.02. The van der Waals surface area contributed by atoms with Gasteiger partial charge in [0.05, 0.1) is 15.9 Å². The molecule has 0 spiro atoms. The summed E-state index contributed by atoms with van der Waals surface area (Å²) in [6, 6.07) is 2.76. The van der Waals surface area contributed by atoms with Crippen molar-refractivity contribution in [3.8, 4) is 0 Å². The van der Waals surface area contributed by atoms with Crippen LogP contribution in [0.15, 0.2) is 12.1 Å². The molecule has 0 aliphatic heterocycles. The first kappa shape index (κ1) is 18.1. The van der Waals surface area contributed by atoms with Crippen LogP contribution in [0, 0.1) is 31.1 Å². The van der Waals surface area contributed by atoms with E-state index in [-0.39, 0.29) is 22.2 Å². The molecule has 0 saturated carbocycles. The first-order chi connectivity index (χ1) is 9.80. The van der Waals surface area contributed by atoms with Crippen LogP contribution in [0.3, 0.4) is 0 Å². The molecule has 1 aromatic rings. The standard InChI is InChI=1S/C16H24N2O4/c1-15(2,3)9-11-7-12(10-16(4,5)6)14(18(21)22)8-13(11)17(19)20/h7-8H,9-10H2,1-6H3. The molecular formula is C16H24N2O4. The Morgan fingerprint density at radius 1 is 0.773 bits per heavy atom. The molecule has 0 radical (unpaired) electrons. The van der Waals surface area contributed by atoms with E-state index in [9.17, 15) is 20.2 Å². The molecule has 0 aliphatic carbocycles. The average molecular weight is 308 g/mol. The highest BCUT2D eigenvalue weighted by Gasteiger charge is 2.28. The predicted octanol–water partition coefficient (Wildman–Crippen LogP) is 4.68. The van der Waals surface area contributed by atoms with Crippen LogP contribution in [0.4, 0.5) is 11.4 Å². The molecule has 0 aromatic heterocycles. The van der Waals surface area contributed by atoms with Crippen LogP contribution in [0.1, 0.15) is 52.7 Å². The Hall–Kier alpha value is -1.98. The fourth-order valence-electron chi connectivity index (χ4n) is 2.44. The van der Waals surface area contributed by atoms with Crippen molar-refractivity contribution in [3.05, 3.63) is 43.5 Å². The van der Waals surface area contributed by atoms with Gasteiger partial charge in [-0.15, -0.1) is 0 Å². The van der Waals surface area contributed by atoms with Crippen molar-refractivity contribution in [1.82, 2.24) is 0 Å². The van der Waals surface area contributed by atoms with Crippen molar-refractivity contribution in [2.45, 2.75) is 54.4 Å². The molecule has 1 aromatic carbocycles. The maximum absolute atomic E-state index is 11.3. The van der Waals surface area contributed by atoms with Crippen LogP contribution in [0.25, 0.3) is 0 Å². The van der Waals surface area contributed by atoms with Crippen LogP contribution < -0.4 is 0 Å². The highest BCUT2D eigenvalue weighted by molar-refractivity contribution is 5.55. The summed E-state index contributed by atoms with van der Waals surface area (Å²) in [5.74, 6) is 0. The van der Waals surface area contributed by atoms with E-state index < -0.39 is 9.85 Å². The van der Waals surface area contributed by atoms with Crippen LogP contribution in [-0.2, 0) is 12.8 Å². The van der Waals surface area contributed by atoms with Gasteiger partial charge in [-0.05, 0) is 29.7 Å². The van der Waals surface area contributed by atoms with Gasteiger partial charge in [0.25, 0.3) is 11.4 Å². The van der Waals surface area contributed by atoms with E-state index in [1.54, 1.807) is 6.07 Å². The topological polar surface area (TPSA) is 86.3 Å². The number of benzene rings is 1. The largest absolute Gasteiger partial charge is 0.279 e. The van der Waals surface area contributed by atoms with Gasteiger partial charge in [0, 0.05) is 11.1 Å². The van der Waals surface area contributed by atoms with Crippen molar-refractivity contribution >= 4 is 11.4 Å². The normalized spacial score (nSPS) is 12.3. The third-order valence-electron chi connectivity index (χ3n) is 3.11. The summed E-state index contributed by atoms with van der Waals surface area (Å²) in [5, 5.41) is 22.5. The zero-order valence-corrected chi connectivity index (χ0v) is 14.1. The maximum atomic E-state index is 11.3. The van der Waals surface area contributed by atoms with Gasteiger partial charge in [-0.3, -0.25) is 20.2 Å². The van der Waals surface area contributed by atoms with E-state index in [1.807, 2.05) is 41.5 Å². The number of hydrogen-bond donors (Lipinski definition) is 0. The minimum absolute atomic E-state index is 0.139. The SMILES string of the molecule is CC(C)(C)Cc1cc(CC(C)(C)C)c([N+](=O)[O-])cc1[N+](=O)[O-]. The zero-order valence-electron chi connectivity index (χ0n) is 14.1. The molecule has 0 bridgehead atoms. The third-order valence-corrected chi connectivity index (χ3v) is 3.11. The van der Waals surface area contributed by atoms with E-state index in [4.69, 9.17) is 0 Å². The number of nitro benzene ring substituents is 2. The van der Waals surface area contributed by atoms with Crippen LogP contribution in [0.2, 0.25) is 0 Å². The first-order valence-electron chi connectivity index (χ1n) is 7.25. The summed E-state index contributed by atoms with van der Waals surface area (Å²) in [6.07, 6.45) is 0.997. The molecule has 0 N–H and O–H groups in total. The second-order valence-electron chi connectivity index (χ2n) is 8.10. The molecule has 0 unspecified atom stereocenters. The molecule has 6 nitrogen and oxygen atoms in total. The number of nitrogens with zero attached hydrogens (tertiary/aromatic N) is 2. The Morgan fingerprint density at radius 2 is 1.09 bits per heavy atom. The van der Waals surface area contributed by atoms with Gasteiger partial charge < -0.3 is 0 Å². The first-order valence-corrected chi connectivity index (χ1v) is 7.25. The van der Waals surface area contributed by atoms with Gasteiger partial charge in [-0.25, -0.2) is 0 Å². The van der Waals surface area contributed by atoms with Crippen molar-refractivity contribution < 1.29 is 9.85 Å². The summed E-state index contributed by atoms with van der Waals surface area (Å²) in [4.78, 5) is 21.5. The van der Waals surface area contributed by atoms with Gasteiger partial charge >= 0.3 is 0 Å². The van der Waals surface area contributed by atoms with E-state index in [0.717, 1.165) is 6.07 Å². The third kappa shape index (κ3) is 5.09. The van der Waals surface area contributed by atoms with E-state index in [0.29, 0.717) is 24.0 Å². The second-order valence-corrected chi connectivity index (χ2v) is 8.10. The molecule has 0 saturated heterocycles. The summed E-state index contributed by atoms with van der Waals surface area (Å²) in [7, 11) is 0. The Morgan fingerprint density at radius 3 is 1.32 bits per heavy atom. The lowest BCUT2D eigenvalue weighted by atomic mass is 9.83. The molecule has 22 heavy (non-hydrogen) atoms. The quantitative estimate of drug-likeness (QED) is 0.597. The highest BCUT2D eigenvalue weighted by atomic mass is 16.6. The van der Waals surface area contributed by atoms with Gasteiger partial charge in [-0.2, -0.15) is 0 Å². The molecule has 0 fully saturated rings. The monoisotopic (exact) mass is 308 g/mol. The van der Waals surface area contributed by atoms with Gasteiger partial charge in [0.2, 0.25) is 0 Å². The minimum atomic E-state index is -0.533. The smallest absolute Gasteiger partial charge is 0.258 e. The molecule has 0 heterocycles. The lowest BCUT2D eigenvalue weighted by molar-refractivity contribution is -0.395. The highest BCUT2D eigenvalue weighted by Crippen LogP contribution is 2.35. The molecule has 0 aliphatic rings. The minimum Gasteiger partial charge on any atom is -0.258 e. The lowest BCUT2D eigenvalue weighted by Crippen LogP contribution is -2.14. The van der Waals surface area contributed by atoms with Crippen molar-refractivity contribution in [3.63, 3.8) is 0 Å². The van der Waals surface area contributed by atoms with Gasteiger partial charge in [0.1, 0.15) is 0 Å². The van der Waals surface area contributed by atoms with Crippen molar-refractivity contribution in [2.24, 2.45) is 10.8 Å². The van der Waals surface area contributed by atoms with E-state index in [2.05, 4.69) is 0 Å².